The van der Waals surface area contributed by atoms with Crippen LogP contribution in [0.15, 0.2) is 12.2 Å². The minimum Gasteiger partial charge on any atom is -0.463 e. The van der Waals surface area contributed by atoms with Crippen LogP contribution in [0.2, 0.25) is 0 Å². The number of carbonyl (C=O) groups is 2. The van der Waals surface area contributed by atoms with Crippen LogP contribution in [0.3, 0.4) is 0 Å². The number of hydrogen-bond donors (Lipinski definition) is 0. The minimum atomic E-state index is -0.450. The smallest absolute Gasteiger partial charge is 0.331 e. The molecule has 0 radical (unpaired) electrons. The average Bonchev–Trinajstić information content (AvgIpc) is 3.18. The molecule has 0 heterocycles. The zero-order valence-corrected chi connectivity index (χ0v) is 36.9. The first-order valence-electron chi connectivity index (χ1n) is 24.7. The van der Waals surface area contributed by atoms with Gasteiger partial charge in [0, 0.05) is 12.2 Å². The largest absolute Gasteiger partial charge is 0.463 e. The second kappa shape index (κ2) is 47.8. The van der Waals surface area contributed by atoms with Gasteiger partial charge in [-0.3, -0.25) is 0 Å². The van der Waals surface area contributed by atoms with E-state index in [1.807, 2.05) is 0 Å². The molecule has 0 N–H and O–H groups in total. The van der Waals surface area contributed by atoms with Crippen LogP contribution in [0.25, 0.3) is 0 Å². The van der Waals surface area contributed by atoms with E-state index in [0.29, 0.717) is 13.2 Å². The highest BCUT2D eigenvalue weighted by Gasteiger charge is 2.02. The Balaban J connectivity index is 3.29. The Morgan fingerprint density at radius 1 is 0.259 bits per heavy atom. The van der Waals surface area contributed by atoms with Crippen molar-refractivity contribution in [2.75, 3.05) is 13.2 Å². The van der Waals surface area contributed by atoms with Gasteiger partial charge in [0.05, 0.1) is 13.2 Å². The predicted molar refractivity (Wildman–Crippen MR) is 236 cm³/mol. The Morgan fingerprint density at radius 2 is 0.407 bits per heavy atom. The molecular formula is C50H96O4. The zero-order valence-electron chi connectivity index (χ0n) is 36.9. The molecule has 0 bridgehead atoms. The van der Waals surface area contributed by atoms with E-state index in [2.05, 4.69) is 13.8 Å². The third kappa shape index (κ3) is 46.8. The fourth-order valence-corrected chi connectivity index (χ4v) is 7.65. The van der Waals surface area contributed by atoms with Gasteiger partial charge in [-0.1, -0.05) is 271 Å². The molecule has 0 aromatic carbocycles. The van der Waals surface area contributed by atoms with Crippen LogP contribution >= 0.6 is 0 Å². The summed E-state index contributed by atoms with van der Waals surface area (Å²) in [5, 5.41) is 0. The zero-order chi connectivity index (χ0) is 39.1. The summed E-state index contributed by atoms with van der Waals surface area (Å²) < 4.78 is 10.5. The number of esters is 2. The van der Waals surface area contributed by atoms with Crippen LogP contribution in [-0.4, -0.2) is 25.2 Å². The van der Waals surface area contributed by atoms with Gasteiger partial charge in [0.2, 0.25) is 0 Å². The Bertz CT molecular complexity index is 700. The molecular weight excluding hydrogens is 665 g/mol. The number of rotatable bonds is 46. The Labute approximate surface area is 338 Å². The molecule has 0 rings (SSSR count). The second-order valence-electron chi connectivity index (χ2n) is 16.8. The molecule has 320 valence electrons. The summed E-state index contributed by atoms with van der Waals surface area (Å²) in [7, 11) is 0. The lowest BCUT2D eigenvalue weighted by molar-refractivity contribution is -0.140. The molecule has 0 saturated heterocycles. The fourth-order valence-electron chi connectivity index (χ4n) is 7.65. The number of carbonyl (C=O) groups excluding carboxylic acids is 2. The minimum absolute atomic E-state index is 0.427. The first-order valence-corrected chi connectivity index (χ1v) is 24.7. The van der Waals surface area contributed by atoms with E-state index in [9.17, 15) is 9.59 Å². The number of unbranched alkanes of at least 4 members (excludes halogenated alkanes) is 40. The van der Waals surface area contributed by atoms with Gasteiger partial charge in [-0.05, 0) is 12.8 Å². The summed E-state index contributed by atoms with van der Waals surface area (Å²) >= 11 is 0. The lowest BCUT2D eigenvalue weighted by Crippen LogP contribution is -2.06. The van der Waals surface area contributed by atoms with Crippen molar-refractivity contribution in [3.8, 4) is 0 Å². The Kier molecular flexibility index (Phi) is 46.7. The van der Waals surface area contributed by atoms with E-state index in [4.69, 9.17) is 9.47 Å². The lowest BCUT2D eigenvalue weighted by Gasteiger charge is -2.05. The van der Waals surface area contributed by atoms with E-state index in [0.717, 1.165) is 25.7 Å². The maximum absolute atomic E-state index is 11.9. The van der Waals surface area contributed by atoms with Crippen molar-refractivity contribution in [1.29, 1.82) is 0 Å². The summed E-state index contributed by atoms with van der Waals surface area (Å²) in [6.45, 7) is 5.44. The Morgan fingerprint density at radius 3 is 0.574 bits per heavy atom. The molecule has 4 nitrogen and oxygen atoms in total. The third-order valence-electron chi connectivity index (χ3n) is 11.3. The van der Waals surface area contributed by atoms with Crippen LogP contribution in [0.5, 0.6) is 0 Å². The molecule has 0 aromatic heterocycles. The first kappa shape index (κ1) is 52.7. The number of ether oxygens (including phenoxy) is 2. The van der Waals surface area contributed by atoms with Crippen LogP contribution in [0.4, 0.5) is 0 Å². The van der Waals surface area contributed by atoms with Gasteiger partial charge in [0.15, 0.2) is 0 Å². The molecule has 0 aliphatic carbocycles. The molecule has 0 spiro atoms. The van der Waals surface area contributed by atoms with Crippen molar-refractivity contribution in [1.82, 2.24) is 0 Å². The van der Waals surface area contributed by atoms with E-state index in [-0.39, 0.29) is 0 Å². The third-order valence-corrected chi connectivity index (χ3v) is 11.3. The second-order valence-corrected chi connectivity index (χ2v) is 16.8. The van der Waals surface area contributed by atoms with E-state index in [1.54, 1.807) is 0 Å². The number of hydrogen-bond acceptors (Lipinski definition) is 4. The van der Waals surface area contributed by atoms with Gasteiger partial charge in [0.1, 0.15) is 0 Å². The Hall–Kier alpha value is -1.32. The quantitative estimate of drug-likeness (QED) is 0.0352. The molecule has 54 heavy (non-hydrogen) atoms. The van der Waals surface area contributed by atoms with Gasteiger partial charge in [-0.15, -0.1) is 0 Å². The molecule has 0 saturated carbocycles. The molecule has 0 unspecified atom stereocenters. The highest BCUT2D eigenvalue weighted by molar-refractivity contribution is 5.91. The molecule has 0 aromatic rings. The lowest BCUT2D eigenvalue weighted by atomic mass is 10.0. The van der Waals surface area contributed by atoms with Crippen molar-refractivity contribution >= 4 is 11.9 Å². The monoisotopic (exact) mass is 761 g/mol. The SMILES string of the molecule is CCCCCCCCCCCCCCCCCCCCCCCOC(=O)/C=C/C(=O)OCCCCCCCCCCCCCCCCCCCCCCC. The summed E-state index contributed by atoms with van der Waals surface area (Å²) in [6.07, 6.45) is 59.5. The molecule has 0 aliphatic heterocycles. The van der Waals surface area contributed by atoms with E-state index in [1.165, 1.54) is 256 Å². The topological polar surface area (TPSA) is 52.6 Å². The standard InChI is InChI=1S/C50H96O4/c1-3-5-7-9-11-13-15-17-19-21-23-25-27-29-31-33-35-37-39-41-43-47-53-49(51)45-46-50(52)54-48-44-42-40-38-36-34-32-30-28-26-24-22-20-18-16-14-12-10-8-6-4-2/h45-46H,3-44,47-48H2,1-2H3/b46-45+. The molecule has 0 amide bonds. The van der Waals surface area contributed by atoms with Gasteiger partial charge < -0.3 is 9.47 Å². The highest BCUT2D eigenvalue weighted by atomic mass is 16.5. The van der Waals surface area contributed by atoms with Gasteiger partial charge >= 0.3 is 11.9 Å². The molecule has 4 heteroatoms. The summed E-state index contributed by atoms with van der Waals surface area (Å²) in [4.78, 5) is 23.8. The van der Waals surface area contributed by atoms with Crippen LogP contribution in [0.1, 0.15) is 284 Å². The predicted octanol–water partition coefficient (Wildman–Crippen LogP) is 17.1. The van der Waals surface area contributed by atoms with Crippen LogP contribution < -0.4 is 0 Å². The summed E-state index contributed by atoms with van der Waals surface area (Å²) in [5.41, 5.74) is 0. The highest BCUT2D eigenvalue weighted by Crippen LogP contribution is 2.17. The normalized spacial score (nSPS) is 11.5. The van der Waals surface area contributed by atoms with Crippen molar-refractivity contribution in [3.05, 3.63) is 12.2 Å². The first-order chi connectivity index (χ1) is 26.7. The maximum Gasteiger partial charge on any atom is 0.331 e. The molecule has 0 fully saturated rings. The molecule has 0 atom stereocenters. The van der Waals surface area contributed by atoms with E-state index >= 15 is 0 Å². The molecule has 0 aliphatic rings. The average molecular weight is 761 g/mol. The van der Waals surface area contributed by atoms with Crippen molar-refractivity contribution in [3.63, 3.8) is 0 Å². The van der Waals surface area contributed by atoms with Crippen LogP contribution in [0, 0.1) is 0 Å². The summed E-state index contributed by atoms with van der Waals surface area (Å²) in [5.74, 6) is -0.900. The van der Waals surface area contributed by atoms with Gasteiger partial charge in [-0.2, -0.15) is 0 Å². The van der Waals surface area contributed by atoms with Crippen molar-refractivity contribution in [2.24, 2.45) is 0 Å². The maximum atomic E-state index is 11.9. The van der Waals surface area contributed by atoms with E-state index < -0.39 is 11.9 Å². The van der Waals surface area contributed by atoms with Crippen molar-refractivity contribution < 1.29 is 19.1 Å². The van der Waals surface area contributed by atoms with Gasteiger partial charge in [0.25, 0.3) is 0 Å². The van der Waals surface area contributed by atoms with Crippen LogP contribution in [-0.2, 0) is 19.1 Å². The fraction of sp³-hybridized carbons (Fsp3) is 0.920. The summed E-state index contributed by atoms with van der Waals surface area (Å²) in [6, 6.07) is 0. The van der Waals surface area contributed by atoms with Gasteiger partial charge in [-0.25, -0.2) is 9.59 Å². The van der Waals surface area contributed by atoms with Crippen molar-refractivity contribution in [2.45, 2.75) is 284 Å².